The van der Waals surface area contributed by atoms with E-state index in [0.29, 0.717) is 16.5 Å². The largest absolute Gasteiger partial charge is 0.430 e. The molecular weight excluding hydrogens is 260 g/mol. The van der Waals surface area contributed by atoms with Crippen molar-refractivity contribution in [3.05, 3.63) is 18.2 Å². The fraction of sp³-hybridized carbons (Fsp3) is 0.500. The van der Waals surface area contributed by atoms with E-state index in [9.17, 15) is 4.21 Å². The summed E-state index contributed by atoms with van der Waals surface area (Å²) in [5.41, 5.74) is 7.68. The first-order valence-corrected chi connectivity index (χ1v) is 7.91. The standard InChI is InChI=1S/C14H18N2O2S/c1-9-2-5-11(6-3-9)19(17)14-16-12-7-4-10(15)8-13(12)18-14/h4,7-9,11H,2-3,5-6,15H2,1H3. The molecule has 1 aromatic heterocycles. The molecule has 1 aliphatic carbocycles. The van der Waals surface area contributed by atoms with Crippen molar-refractivity contribution in [2.45, 2.75) is 43.1 Å². The fourth-order valence-corrected chi connectivity index (χ4v) is 3.94. The van der Waals surface area contributed by atoms with Gasteiger partial charge in [0.05, 0.1) is 0 Å². The lowest BCUT2D eigenvalue weighted by atomic mass is 9.91. The lowest BCUT2D eigenvalue weighted by molar-refractivity contribution is 0.384. The van der Waals surface area contributed by atoms with Crippen LogP contribution in [0.25, 0.3) is 11.1 Å². The first-order valence-electron chi connectivity index (χ1n) is 6.70. The Morgan fingerprint density at radius 3 is 2.79 bits per heavy atom. The highest BCUT2D eigenvalue weighted by atomic mass is 32.2. The van der Waals surface area contributed by atoms with Crippen molar-refractivity contribution in [1.29, 1.82) is 0 Å². The zero-order chi connectivity index (χ0) is 13.4. The summed E-state index contributed by atoms with van der Waals surface area (Å²) in [6.45, 7) is 2.25. The third-order valence-corrected chi connectivity index (χ3v) is 5.43. The van der Waals surface area contributed by atoms with Crippen LogP contribution in [0, 0.1) is 5.92 Å². The van der Waals surface area contributed by atoms with E-state index in [1.807, 2.05) is 0 Å². The SMILES string of the molecule is CC1CCC(S(=O)c2nc3ccc(N)cc3o2)CC1. The molecule has 0 spiro atoms. The summed E-state index contributed by atoms with van der Waals surface area (Å²) in [6, 6.07) is 5.31. The van der Waals surface area contributed by atoms with Crippen molar-refractivity contribution in [3.63, 3.8) is 0 Å². The summed E-state index contributed by atoms with van der Waals surface area (Å²) >= 11 is 0. The van der Waals surface area contributed by atoms with Gasteiger partial charge in [0, 0.05) is 17.0 Å². The van der Waals surface area contributed by atoms with E-state index in [1.165, 1.54) is 0 Å². The number of fused-ring (bicyclic) bond motifs is 1. The van der Waals surface area contributed by atoms with Gasteiger partial charge in [-0.15, -0.1) is 0 Å². The molecule has 5 heteroatoms. The maximum Gasteiger partial charge on any atom is 0.288 e. The van der Waals surface area contributed by atoms with Crippen molar-refractivity contribution >= 4 is 27.6 Å². The smallest absolute Gasteiger partial charge is 0.288 e. The number of nitrogens with two attached hydrogens (primary N) is 1. The van der Waals surface area contributed by atoms with Crippen molar-refractivity contribution in [2.24, 2.45) is 5.92 Å². The second kappa shape index (κ2) is 4.96. The van der Waals surface area contributed by atoms with E-state index < -0.39 is 10.8 Å². The van der Waals surface area contributed by atoms with Gasteiger partial charge in [0.2, 0.25) is 0 Å². The lowest BCUT2D eigenvalue weighted by Crippen LogP contribution is -2.22. The third-order valence-electron chi connectivity index (χ3n) is 3.83. The predicted octanol–water partition coefficient (Wildman–Crippen LogP) is 3.10. The minimum absolute atomic E-state index is 0.182. The first-order chi connectivity index (χ1) is 9.13. The van der Waals surface area contributed by atoms with Gasteiger partial charge < -0.3 is 10.2 Å². The maximum absolute atomic E-state index is 12.5. The number of aromatic nitrogens is 1. The van der Waals surface area contributed by atoms with Gasteiger partial charge in [-0.05, 0) is 43.7 Å². The molecule has 1 atom stereocenters. The molecule has 1 aromatic carbocycles. The summed E-state index contributed by atoms with van der Waals surface area (Å²) in [6.07, 6.45) is 4.27. The van der Waals surface area contributed by atoms with E-state index in [0.717, 1.165) is 37.1 Å². The first kappa shape index (κ1) is 12.7. The molecule has 1 aliphatic rings. The minimum Gasteiger partial charge on any atom is -0.430 e. The van der Waals surface area contributed by atoms with Crippen molar-refractivity contribution in [3.8, 4) is 0 Å². The van der Waals surface area contributed by atoms with E-state index in [1.54, 1.807) is 18.2 Å². The van der Waals surface area contributed by atoms with Crippen LogP contribution in [-0.2, 0) is 10.8 Å². The van der Waals surface area contributed by atoms with Crippen molar-refractivity contribution in [2.75, 3.05) is 5.73 Å². The molecule has 2 aromatic rings. The summed E-state index contributed by atoms with van der Waals surface area (Å²) < 4.78 is 18.1. The normalized spacial score (nSPS) is 25.5. The molecule has 1 unspecified atom stereocenters. The topological polar surface area (TPSA) is 69.1 Å². The number of hydrogen-bond acceptors (Lipinski definition) is 4. The van der Waals surface area contributed by atoms with Gasteiger partial charge in [0.1, 0.15) is 16.3 Å². The Hall–Kier alpha value is -1.36. The lowest BCUT2D eigenvalue weighted by Gasteiger charge is -2.24. The van der Waals surface area contributed by atoms with Gasteiger partial charge in [-0.2, -0.15) is 0 Å². The molecule has 1 heterocycles. The van der Waals surface area contributed by atoms with Crippen LogP contribution in [0.4, 0.5) is 5.69 Å². The number of hydrogen-bond donors (Lipinski definition) is 1. The van der Waals surface area contributed by atoms with Crippen LogP contribution < -0.4 is 5.73 Å². The average Bonchev–Trinajstić information content (AvgIpc) is 2.81. The summed E-state index contributed by atoms with van der Waals surface area (Å²) in [5.74, 6) is 0.747. The van der Waals surface area contributed by atoms with Crippen LogP contribution in [0.2, 0.25) is 0 Å². The van der Waals surface area contributed by atoms with Crippen LogP contribution in [0.15, 0.2) is 27.8 Å². The molecule has 1 saturated carbocycles. The Kier molecular flexibility index (Phi) is 3.31. The second-order valence-electron chi connectivity index (χ2n) is 5.39. The summed E-state index contributed by atoms with van der Waals surface area (Å²) in [5, 5.41) is 0.529. The van der Waals surface area contributed by atoms with Gasteiger partial charge in [0.15, 0.2) is 5.58 Å². The van der Waals surface area contributed by atoms with Crippen molar-refractivity contribution < 1.29 is 8.63 Å². The molecule has 1 fully saturated rings. The van der Waals surface area contributed by atoms with Crippen LogP contribution >= 0.6 is 0 Å². The average molecular weight is 278 g/mol. The Morgan fingerprint density at radius 1 is 1.32 bits per heavy atom. The van der Waals surface area contributed by atoms with Crippen LogP contribution in [0.5, 0.6) is 0 Å². The zero-order valence-corrected chi connectivity index (χ0v) is 11.8. The van der Waals surface area contributed by atoms with E-state index in [4.69, 9.17) is 10.2 Å². The molecule has 0 saturated heterocycles. The van der Waals surface area contributed by atoms with Crippen LogP contribution in [0.1, 0.15) is 32.6 Å². The number of benzene rings is 1. The number of anilines is 1. The molecule has 0 amide bonds. The molecular formula is C14H18N2O2S. The Labute approximate surface area is 114 Å². The molecule has 2 N–H and O–H groups in total. The Morgan fingerprint density at radius 2 is 2.05 bits per heavy atom. The molecule has 19 heavy (non-hydrogen) atoms. The maximum atomic E-state index is 12.5. The quantitative estimate of drug-likeness (QED) is 0.857. The zero-order valence-electron chi connectivity index (χ0n) is 11.0. The van der Waals surface area contributed by atoms with Gasteiger partial charge in [-0.3, -0.25) is 0 Å². The van der Waals surface area contributed by atoms with Gasteiger partial charge in [0.25, 0.3) is 5.22 Å². The summed E-state index contributed by atoms with van der Waals surface area (Å²) in [4.78, 5) is 4.33. The molecule has 102 valence electrons. The van der Waals surface area contributed by atoms with Gasteiger partial charge in [-0.1, -0.05) is 6.92 Å². The minimum atomic E-state index is -1.14. The van der Waals surface area contributed by atoms with E-state index in [-0.39, 0.29) is 5.25 Å². The molecule has 0 bridgehead atoms. The Bertz CT molecular complexity index is 615. The van der Waals surface area contributed by atoms with Gasteiger partial charge in [-0.25, -0.2) is 9.19 Å². The van der Waals surface area contributed by atoms with Crippen molar-refractivity contribution in [1.82, 2.24) is 4.98 Å². The third kappa shape index (κ3) is 2.52. The number of nitrogens with zero attached hydrogens (tertiary/aromatic N) is 1. The Balaban J connectivity index is 1.85. The molecule has 4 nitrogen and oxygen atoms in total. The molecule has 0 radical (unpaired) electrons. The van der Waals surface area contributed by atoms with E-state index in [2.05, 4.69) is 11.9 Å². The highest BCUT2D eigenvalue weighted by molar-refractivity contribution is 7.85. The monoisotopic (exact) mass is 278 g/mol. The highest BCUT2D eigenvalue weighted by Gasteiger charge is 2.27. The molecule has 3 rings (SSSR count). The number of rotatable bonds is 2. The van der Waals surface area contributed by atoms with Crippen LogP contribution in [-0.4, -0.2) is 14.4 Å². The fourth-order valence-electron chi connectivity index (χ4n) is 2.59. The highest BCUT2D eigenvalue weighted by Crippen LogP contribution is 2.30. The molecule has 0 aliphatic heterocycles. The van der Waals surface area contributed by atoms with Crippen LogP contribution in [0.3, 0.4) is 0 Å². The second-order valence-corrected chi connectivity index (χ2v) is 7.00. The number of nitrogen functional groups attached to an aromatic ring is 1. The predicted molar refractivity (Wildman–Crippen MR) is 76.2 cm³/mol. The van der Waals surface area contributed by atoms with E-state index >= 15 is 0 Å². The van der Waals surface area contributed by atoms with Gasteiger partial charge >= 0.3 is 0 Å². The summed E-state index contributed by atoms with van der Waals surface area (Å²) in [7, 11) is -1.14. The number of oxazole rings is 1.